The van der Waals surface area contributed by atoms with Crippen LogP contribution in [0.4, 0.5) is 10.1 Å². The van der Waals surface area contributed by atoms with E-state index in [0.717, 1.165) is 6.54 Å². The molecule has 0 saturated heterocycles. The second kappa shape index (κ2) is 8.64. The summed E-state index contributed by atoms with van der Waals surface area (Å²) in [5.41, 5.74) is 0.0561. The van der Waals surface area contributed by atoms with Crippen molar-refractivity contribution < 1.29 is 17.5 Å². The van der Waals surface area contributed by atoms with Gasteiger partial charge in [0.1, 0.15) is 0 Å². The number of rotatable bonds is 8. The minimum Gasteiger partial charge on any atom is -0.488 e. The van der Waals surface area contributed by atoms with Crippen molar-refractivity contribution in [3.8, 4) is 5.75 Å². The number of sulfonamides is 1. The van der Waals surface area contributed by atoms with Crippen LogP contribution in [-0.2, 0) is 10.0 Å². The number of hydrogen-bond donors (Lipinski definition) is 1. The van der Waals surface area contributed by atoms with Gasteiger partial charge in [0.2, 0.25) is 0 Å². The molecule has 0 aromatic heterocycles. The number of benzene rings is 2. The number of anilines is 1. The van der Waals surface area contributed by atoms with Crippen molar-refractivity contribution in [3.05, 3.63) is 52.8 Å². The third-order valence-corrected chi connectivity index (χ3v) is 5.14. The number of halogens is 2. The van der Waals surface area contributed by atoms with Gasteiger partial charge in [0.15, 0.2) is 11.6 Å². The lowest BCUT2D eigenvalue weighted by Gasteiger charge is -2.16. The fourth-order valence-electron chi connectivity index (χ4n) is 2.14. The van der Waals surface area contributed by atoms with Gasteiger partial charge < -0.3 is 9.64 Å². The fraction of sp³-hybridized carbons (Fsp3) is 0.294. The Balaban J connectivity index is 2.24. The van der Waals surface area contributed by atoms with Gasteiger partial charge in [-0.1, -0.05) is 34.1 Å². The highest BCUT2D eigenvalue weighted by Gasteiger charge is 2.19. The number of nitrogens with zero attached hydrogens (tertiary/aromatic N) is 1. The molecule has 0 fully saturated rings. The highest BCUT2D eigenvalue weighted by atomic mass is 79.9. The topological polar surface area (TPSA) is 58.6 Å². The summed E-state index contributed by atoms with van der Waals surface area (Å²) in [7, 11) is 0.0213. The number of ether oxygens (including phenoxy) is 1. The van der Waals surface area contributed by atoms with Crippen molar-refractivity contribution >= 4 is 31.6 Å². The van der Waals surface area contributed by atoms with Gasteiger partial charge >= 0.3 is 0 Å². The molecule has 2 aromatic rings. The molecular formula is C17H20BrFN2O3S. The third-order valence-electron chi connectivity index (χ3n) is 3.30. The molecule has 2 rings (SSSR count). The highest BCUT2D eigenvalue weighted by molar-refractivity contribution is 9.10. The van der Waals surface area contributed by atoms with Crippen LogP contribution in [0.25, 0.3) is 0 Å². The zero-order valence-corrected chi connectivity index (χ0v) is 16.4. The quantitative estimate of drug-likeness (QED) is 0.648. The minimum absolute atomic E-state index is 0.0561. The molecular weight excluding hydrogens is 411 g/mol. The van der Waals surface area contributed by atoms with E-state index in [2.05, 4.69) is 20.7 Å². The lowest BCUT2D eigenvalue weighted by Crippen LogP contribution is -2.17. The van der Waals surface area contributed by atoms with Crippen LogP contribution in [0.5, 0.6) is 5.75 Å². The first-order valence-corrected chi connectivity index (χ1v) is 9.91. The Kier molecular flexibility index (Phi) is 6.80. The Labute approximate surface area is 156 Å². The van der Waals surface area contributed by atoms with E-state index in [9.17, 15) is 12.8 Å². The van der Waals surface area contributed by atoms with Gasteiger partial charge in [-0.05, 0) is 44.8 Å². The minimum atomic E-state index is -3.84. The molecule has 0 unspecified atom stereocenters. The Morgan fingerprint density at radius 1 is 1.20 bits per heavy atom. The summed E-state index contributed by atoms with van der Waals surface area (Å²) in [6.45, 7) is 1.06. The average Bonchev–Trinajstić information content (AvgIpc) is 2.53. The van der Waals surface area contributed by atoms with Crippen molar-refractivity contribution in [2.24, 2.45) is 0 Å². The number of hydrogen-bond acceptors (Lipinski definition) is 4. The highest BCUT2D eigenvalue weighted by Crippen LogP contribution is 2.33. The Bertz CT molecular complexity index is 814. The molecule has 8 heteroatoms. The fourth-order valence-corrected chi connectivity index (χ4v) is 3.65. The maximum Gasteiger partial charge on any atom is 0.262 e. The van der Waals surface area contributed by atoms with Crippen molar-refractivity contribution in [1.82, 2.24) is 4.90 Å². The zero-order chi connectivity index (χ0) is 18.4. The molecule has 0 atom stereocenters. The van der Waals surface area contributed by atoms with E-state index in [4.69, 9.17) is 4.74 Å². The van der Waals surface area contributed by atoms with Crippen LogP contribution < -0.4 is 9.46 Å². The van der Waals surface area contributed by atoms with Crippen LogP contribution in [0.2, 0.25) is 0 Å². The van der Waals surface area contributed by atoms with Gasteiger partial charge in [-0.15, -0.1) is 0 Å². The SMILES string of the molecule is CN(C)CCCOc1c(F)cc(Br)cc1NS(=O)(=O)c1ccccc1. The first-order chi connectivity index (χ1) is 11.8. The average molecular weight is 431 g/mol. The third kappa shape index (κ3) is 5.69. The summed E-state index contributed by atoms with van der Waals surface area (Å²) in [6.07, 6.45) is 0.688. The van der Waals surface area contributed by atoms with Crippen molar-refractivity contribution in [2.75, 3.05) is 32.0 Å². The second-order valence-corrected chi connectivity index (χ2v) is 8.29. The Morgan fingerprint density at radius 2 is 1.88 bits per heavy atom. The van der Waals surface area contributed by atoms with E-state index in [1.807, 2.05) is 19.0 Å². The maximum absolute atomic E-state index is 14.3. The van der Waals surface area contributed by atoms with E-state index >= 15 is 0 Å². The van der Waals surface area contributed by atoms with E-state index in [0.29, 0.717) is 10.9 Å². The number of nitrogens with one attached hydrogen (secondary N) is 1. The monoisotopic (exact) mass is 430 g/mol. The molecule has 136 valence electrons. The van der Waals surface area contributed by atoms with Crippen molar-refractivity contribution in [2.45, 2.75) is 11.3 Å². The second-order valence-electron chi connectivity index (χ2n) is 5.69. The van der Waals surface area contributed by atoms with Gasteiger partial charge in [-0.3, -0.25) is 4.72 Å². The summed E-state index contributed by atoms with van der Waals surface area (Å²) in [6, 6.07) is 10.6. The van der Waals surface area contributed by atoms with Gasteiger partial charge in [-0.25, -0.2) is 12.8 Å². The van der Waals surface area contributed by atoms with Gasteiger partial charge in [-0.2, -0.15) is 0 Å². The molecule has 2 aromatic carbocycles. The van der Waals surface area contributed by atoms with E-state index < -0.39 is 15.8 Å². The summed E-state index contributed by atoms with van der Waals surface area (Å²) in [4.78, 5) is 2.08. The van der Waals surface area contributed by atoms with E-state index in [-0.39, 0.29) is 22.9 Å². The summed E-state index contributed by atoms with van der Waals surface area (Å²) < 4.78 is 47.6. The molecule has 0 saturated carbocycles. The Morgan fingerprint density at radius 3 is 2.52 bits per heavy atom. The molecule has 0 aliphatic heterocycles. The normalized spacial score (nSPS) is 11.6. The molecule has 25 heavy (non-hydrogen) atoms. The molecule has 0 spiro atoms. The lowest BCUT2D eigenvalue weighted by molar-refractivity contribution is 0.272. The van der Waals surface area contributed by atoms with Gasteiger partial charge in [0.05, 0.1) is 17.2 Å². The predicted molar refractivity (Wildman–Crippen MR) is 100 cm³/mol. The Hall–Kier alpha value is -1.64. The maximum atomic E-state index is 14.3. The smallest absolute Gasteiger partial charge is 0.262 e. The molecule has 5 nitrogen and oxygen atoms in total. The molecule has 1 N–H and O–H groups in total. The van der Waals surface area contributed by atoms with E-state index in [1.54, 1.807) is 18.2 Å². The molecule has 0 amide bonds. The zero-order valence-electron chi connectivity index (χ0n) is 14.0. The predicted octanol–water partition coefficient (Wildman–Crippen LogP) is 3.72. The van der Waals surface area contributed by atoms with Crippen LogP contribution in [0.1, 0.15) is 6.42 Å². The first-order valence-electron chi connectivity index (χ1n) is 7.64. The van der Waals surface area contributed by atoms with Crippen LogP contribution in [0.3, 0.4) is 0 Å². The first kappa shape index (κ1) is 19.7. The van der Waals surface area contributed by atoms with Gasteiger partial charge in [0.25, 0.3) is 10.0 Å². The largest absolute Gasteiger partial charge is 0.488 e. The van der Waals surface area contributed by atoms with E-state index in [1.165, 1.54) is 24.3 Å². The van der Waals surface area contributed by atoms with Gasteiger partial charge in [0, 0.05) is 11.0 Å². The molecule has 0 radical (unpaired) electrons. The van der Waals surface area contributed by atoms with Crippen LogP contribution in [-0.4, -0.2) is 40.6 Å². The van der Waals surface area contributed by atoms with Crippen LogP contribution in [0.15, 0.2) is 51.8 Å². The van der Waals surface area contributed by atoms with Crippen LogP contribution >= 0.6 is 15.9 Å². The molecule has 0 bridgehead atoms. The summed E-state index contributed by atoms with van der Waals surface area (Å²) in [5.74, 6) is -0.744. The molecule has 0 aliphatic carbocycles. The van der Waals surface area contributed by atoms with Crippen molar-refractivity contribution in [3.63, 3.8) is 0 Å². The van der Waals surface area contributed by atoms with Crippen LogP contribution in [0, 0.1) is 5.82 Å². The molecule has 0 aliphatic rings. The lowest BCUT2D eigenvalue weighted by atomic mass is 10.3. The van der Waals surface area contributed by atoms with Crippen molar-refractivity contribution in [1.29, 1.82) is 0 Å². The summed E-state index contributed by atoms with van der Waals surface area (Å²) >= 11 is 3.17. The standard InChI is InChI=1S/C17H20BrFN2O3S/c1-21(2)9-6-10-24-17-15(19)11-13(18)12-16(17)20-25(22,23)14-7-4-3-5-8-14/h3-5,7-8,11-12,20H,6,9-10H2,1-2H3. The molecule has 0 heterocycles. The summed E-state index contributed by atoms with van der Waals surface area (Å²) in [5, 5.41) is 0.